The highest BCUT2D eigenvalue weighted by atomic mass is 32.2. The van der Waals surface area contributed by atoms with Crippen molar-refractivity contribution in [3.63, 3.8) is 0 Å². The maximum absolute atomic E-state index is 12.9. The van der Waals surface area contributed by atoms with Crippen molar-refractivity contribution in [2.75, 3.05) is 13.1 Å². The van der Waals surface area contributed by atoms with Gasteiger partial charge in [-0.3, -0.25) is 5.10 Å². The van der Waals surface area contributed by atoms with E-state index in [-0.39, 0.29) is 0 Å². The van der Waals surface area contributed by atoms with E-state index in [1.165, 1.54) is 12.8 Å². The molecule has 0 unspecified atom stereocenters. The van der Waals surface area contributed by atoms with Gasteiger partial charge < -0.3 is 5.32 Å². The van der Waals surface area contributed by atoms with Gasteiger partial charge >= 0.3 is 0 Å². The second kappa shape index (κ2) is 5.55. The van der Waals surface area contributed by atoms with Crippen molar-refractivity contribution < 1.29 is 8.42 Å². The molecular formula is C14H22N4O2S. The Balaban J connectivity index is 1.86. The number of H-pyrrole nitrogens is 1. The van der Waals surface area contributed by atoms with E-state index in [0.717, 1.165) is 12.0 Å². The molecule has 21 heavy (non-hydrogen) atoms. The molecule has 1 saturated carbocycles. The number of nitrogens with zero attached hydrogens (tertiary/aromatic N) is 2. The first-order chi connectivity index (χ1) is 9.98. The van der Waals surface area contributed by atoms with E-state index < -0.39 is 10.0 Å². The Bertz CT molecular complexity index is 659. The zero-order valence-corrected chi connectivity index (χ0v) is 13.3. The van der Waals surface area contributed by atoms with Crippen LogP contribution in [0.1, 0.15) is 37.6 Å². The van der Waals surface area contributed by atoms with E-state index in [1.807, 2.05) is 6.92 Å². The molecule has 0 atom stereocenters. The SMILES string of the molecule is CC1=CCCN(S(=O)(=O)c2c(CNC3CC3)n[nH]c2C)C1. The number of aromatic amines is 1. The van der Waals surface area contributed by atoms with Crippen molar-refractivity contribution in [3.8, 4) is 0 Å². The molecule has 0 spiro atoms. The summed E-state index contributed by atoms with van der Waals surface area (Å²) in [4.78, 5) is 0.352. The van der Waals surface area contributed by atoms with Gasteiger partial charge in [-0.1, -0.05) is 11.6 Å². The summed E-state index contributed by atoms with van der Waals surface area (Å²) in [6.07, 6.45) is 5.21. The topological polar surface area (TPSA) is 78.1 Å². The number of nitrogens with one attached hydrogen (secondary N) is 2. The summed E-state index contributed by atoms with van der Waals surface area (Å²) in [5.74, 6) is 0. The summed E-state index contributed by atoms with van der Waals surface area (Å²) in [6.45, 7) is 5.26. The van der Waals surface area contributed by atoms with E-state index in [0.29, 0.717) is 42.0 Å². The quantitative estimate of drug-likeness (QED) is 0.804. The molecule has 2 aliphatic rings. The van der Waals surface area contributed by atoms with Crippen LogP contribution in [0.3, 0.4) is 0 Å². The third-order valence-electron chi connectivity index (χ3n) is 3.99. The average molecular weight is 310 g/mol. The molecule has 0 saturated heterocycles. The summed E-state index contributed by atoms with van der Waals surface area (Å²) < 4.78 is 27.4. The number of aryl methyl sites for hydroxylation is 1. The Morgan fingerprint density at radius 1 is 1.43 bits per heavy atom. The molecule has 2 N–H and O–H groups in total. The van der Waals surface area contributed by atoms with Crippen molar-refractivity contribution in [3.05, 3.63) is 23.0 Å². The first-order valence-corrected chi connectivity index (χ1v) is 8.85. The molecule has 3 rings (SSSR count). The lowest BCUT2D eigenvalue weighted by atomic mass is 10.2. The fourth-order valence-corrected chi connectivity index (χ4v) is 4.50. The van der Waals surface area contributed by atoms with Gasteiger partial charge in [0.1, 0.15) is 4.90 Å². The molecule has 0 bridgehead atoms. The molecular weight excluding hydrogens is 288 g/mol. The van der Waals surface area contributed by atoms with E-state index in [1.54, 1.807) is 11.2 Å². The zero-order valence-electron chi connectivity index (χ0n) is 12.5. The van der Waals surface area contributed by atoms with E-state index in [4.69, 9.17) is 0 Å². The fourth-order valence-electron chi connectivity index (χ4n) is 2.67. The van der Waals surface area contributed by atoms with Gasteiger partial charge in [-0.05, 0) is 33.1 Å². The lowest BCUT2D eigenvalue weighted by molar-refractivity contribution is 0.426. The molecule has 1 aromatic rings. The first-order valence-electron chi connectivity index (χ1n) is 7.41. The van der Waals surface area contributed by atoms with Gasteiger partial charge in [-0.25, -0.2) is 8.42 Å². The molecule has 7 heteroatoms. The Hall–Kier alpha value is -1.18. The Morgan fingerprint density at radius 2 is 2.19 bits per heavy atom. The number of aromatic nitrogens is 2. The predicted octanol–water partition coefficient (Wildman–Crippen LogP) is 1.31. The summed E-state index contributed by atoms with van der Waals surface area (Å²) in [6, 6.07) is 0.526. The second-order valence-electron chi connectivity index (χ2n) is 5.96. The number of hydrogen-bond acceptors (Lipinski definition) is 4. The van der Waals surface area contributed by atoms with Crippen LogP contribution < -0.4 is 5.32 Å². The average Bonchev–Trinajstić information content (AvgIpc) is 3.19. The zero-order chi connectivity index (χ0) is 15.0. The maximum Gasteiger partial charge on any atom is 0.247 e. The molecule has 1 fully saturated rings. The van der Waals surface area contributed by atoms with Crippen LogP contribution in [0.4, 0.5) is 0 Å². The van der Waals surface area contributed by atoms with E-state index in [9.17, 15) is 8.42 Å². The minimum atomic E-state index is -3.48. The molecule has 1 aromatic heterocycles. The molecule has 116 valence electrons. The van der Waals surface area contributed by atoms with Gasteiger partial charge in [-0.15, -0.1) is 0 Å². The van der Waals surface area contributed by atoms with Crippen LogP contribution in [0.5, 0.6) is 0 Å². The van der Waals surface area contributed by atoms with Crippen LogP contribution in [0.25, 0.3) is 0 Å². The highest BCUT2D eigenvalue weighted by Gasteiger charge is 2.32. The van der Waals surface area contributed by atoms with Crippen molar-refractivity contribution in [2.45, 2.75) is 50.6 Å². The van der Waals surface area contributed by atoms with Gasteiger partial charge in [0.25, 0.3) is 0 Å². The number of sulfonamides is 1. The van der Waals surface area contributed by atoms with Crippen LogP contribution in [0.15, 0.2) is 16.5 Å². The molecule has 0 aromatic carbocycles. The molecule has 2 heterocycles. The van der Waals surface area contributed by atoms with Crippen LogP contribution in [0, 0.1) is 6.92 Å². The van der Waals surface area contributed by atoms with Crippen molar-refractivity contribution >= 4 is 10.0 Å². The summed E-state index contributed by atoms with van der Waals surface area (Å²) in [7, 11) is -3.48. The monoisotopic (exact) mass is 310 g/mol. The summed E-state index contributed by atoms with van der Waals surface area (Å²) in [5.41, 5.74) is 2.32. The third kappa shape index (κ3) is 3.04. The number of hydrogen-bond donors (Lipinski definition) is 2. The largest absolute Gasteiger partial charge is 0.308 e. The summed E-state index contributed by atoms with van der Waals surface area (Å²) >= 11 is 0. The third-order valence-corrected chi connectivity index (χ3v) is 6.04. The highest BCUT2D eigenvalue weighted by molar-refractivity contribution is 7.89. The Morgan fingerprint density at radius 3 is 2.86 bits per heavy atom. The van der Waals surface area contributed by atoms with Gasteiger partial charge in [0.2, 0.25) is 10.0 Å². The Kier molecular flexibility index (Phi) is 3.90. The standard InChI is InChI=1S/C14H22N4O2S/c1-10-4-3-7-18(9-10)21(19,20)14-11(2)16-17-13(14)8-15-12-5-6-12/h4,12,15H,3,5-9H2,1-2H3,(H,16,17). The van der Waals surface area contributed by atoms with Crippen molar-refractivity contribution in [2.24, 2.45) is 0 Å². The van der Waals surface area contributed by atoms with Crippen molar-refractivity contribution in [1.82, 2.24) is 19.8 Å². The van der Waals surface area contributed by atoms with Crippen LogP contribution in [0.2, 0.25) is 0 Å². The maximum atomic E-state index is 12.9. The first kappa shape index (κ1) is 14.7. The lowest BCUT2D eigenvalue weighted by Gasteiger charge is -2.25. The Labute approximate surface area is 125 Å². The van der Waals surface area contributed by atoms with Crippen LogP contribution in [-0.2, 0) is 16.6 Å². The minimum absolute atomic E-state index is 0.352. The lowest BCUT2D eigenvalue weighted by Crippen LogP contribution is -2.36. The smallest absolute Gasteiger partial charge is 0.247 e. The fraction of sp³-hybridized carbons (Fsp3) is 0.643. The normalized spacial score (nSPS) is 20.6. The molecule has 1 aliphatic carbocycles. The minimum Gasteiger partial charge on any atom is -0.308 e. The van der Waals surface area contributed by atoms with Gasteiger partial charge in [0.15, 0.2) is 0 Å². The van der Waals surface area contributed by atoms with Gasteiger partial charge in [0.05, 0.1) is 11.4 Å². The predicted molar refractivity (Wildman–Crippen MR) is 80.3 cm³/mol. The highest BCUT2D eigenvalue weighted by Crippen LogP contribution is 2.26. The second-order valence-corrected chi connectivity index (χ2v) is 7.83. The van der Waals surface area contributed by atoms with Crippen LogP contribution >= 0.6 is 0 Å². The number of rotatable bonds is 5. The summed E-state index contributed by atoms with van der Waals surface area (Å²) in [5, 5.41) is 10.3. The molecule has 0 radical (unpaired) electrons. The van der Waals surface area contributed by atoms with Gasteiger partial charge in [-0.2, -0.15) is 9.40 Å². The van der Waals surface area contributed by atoms with E-state index >= 15 is 0 Å². The van der Waals surface area contributed by atoms with Crippen LogP contribution in [-0.4, -0.2) is 42.1 Å². The molecule has 6 nitrogen and oxygen atoms in total. The van der Waals surface area contributed by atoms with Gasteiger partial charge in [0, 0.05) is 25.7 Å². The molecule has 1 aliphatic heterocycles. The molecule has 0 amide bonds. The van der Waals surface area contributed by atoms with E-state index in [2.05, 4.69) is 21.6 Å². The van der Waals surface area contributed by atoms with Crippen molar-refractivity contribution in [1.29, 1.82) is 0 Å².